The minimum atomic E-state index is 0. The molecular weight excluding hydrogens is 503 g/mol. The number of hydrogen-bond donors (Lipinski definition) is 1. The Kier molecular flexibility index (Phi) is 14.3. The third-order valence-corrected chi connectivity index (χ3v) is 6.69. The molecule has 0 unspecified atom stereocenters. The minimum absolute atomic E-state index is 0. The van der Waals surface area contributed by atoms with Crippen molar-refractivity contribution >= 4 is 6.08 Å². The first-order valence-corrected chi connectivity index (χ1v) is 10.3. The van der Waals surface area contributed by atoms with Crippen LogP contribution in [0, 0.1) is 99.6 Å². The van der Waals surface area contributed by atoms with Crippen LogP contribution in [0.1, 0.15) is 74.8 Å². The first-order chi connectivity index (χ1) is 13.5. The molecule has 1 N–H and O–H groups in total. The molecule has 10 radical (unpaired) electrons. The van der Waals surface area contributed by atoms with E-state index in [-0.39, 0.29) is 40.4 Å². The number of aliphatic hydroxyl groups excluding tert-OH is 1. The maximum atomic E-state index is 8.34. The molecule has 2 heteroatoms. The van der Waals surface area contributed by atoms with Crippen molar-refractivity contribution in [3.8, 4) is 0 Å². The Hall–Kier alpha value is 0.0977. The Bertz CT molecular complexity index is 478. The van der Waals surface area contributed by atoms with Gasteiger partial charge in [0.1, 0.15) is 0 Å². The summed E-state index contributed by atoms with van der Waals surface area (Å²) >= 11 is 0. The molecule has 0 saturated heterocycles. The van der Waals surface area contributed by atoms with Crippen LogP contribution in [0.3, 0.4) is 0 Å². The molecule has 1 aromatic carbocycles. The third-order valence-electron chi connectivity index (χ3n) is 6.69. The van der Waals surface area contributed by atoms with Gasteiger partial charge in [-0.1, -0.05) is 99.6 Å². The normalized spacial score (nSPS) is 22.1. The summed E-state index contributed by atoms with van der Waals surface area (Å²) in [5, 5.41) is 8.34. The molecule has 1 aromatic rings. The summed E-state index contributed by atoms with van der Waals surface area (Å²) in [7, 11) is 0. The maximum Gasteiger partial charge on any atom is 0.0797 e. The molecule has 0 amide bonds. The molecule has 162 valence electrons. The fourth-order valence-corrected chi connectivity index (χ4v) is 3.46. The fourth-order valence-electron chi connectivity index (χ4n) is 3.46. The van der Waals surface area contributed by atoms with Gasteiger partial charge in [-0.3, -0.25) is 0 Å². The first-order valence-electron chi connectivity index (χ1n) is 10.3. The van der Waals surface area contributed by atoms with E-state index in [2.05, 4.69) is 69.2 Å². The van der Waals surface area contributed by atoms with E-state index >= 15 is 0 Å². The van der Waals surface area contributed by atoms with E-state index in [0.29, 0.717) is 0 Å². The van der Waals surface area contributed by atoms with Crippen molar-refractivity contribution in [2.75, 3.05) is 0 Å². The van der Waals surface area contributed by atoms with Crippen molar-refractivity contribution < 1.29 is 45.5 Å². The summed E-state index contributed by atoms with van der Waals surface area (Å²) in [5.41, 5.74) is 1.01. The molecule has 1 nitrogen and oxygen atoms in total. The van der Waals surface area contributed by atoms with Gasteiger partial charge in [-0.25, -0.2) is 0 Å². The van der Waals surface area contributed by atoms with Gasteiger partial charge in [0.15, 0.2) is 0 Å². The standard InChI is InChI=1S/2C10H15.C8H8O.Sm/c2*1-6-7(2)9(4)10(5)8(6)3;9-7-6-8-4-2-1-3-5-8;/h2*1-5H3;1-7,9H;/b;;7-6+;. The summed E-state index contributed by atoms with van der Waals surface area (Å²) in [4.78, 5) is 0. The molecule has 2 aliphatic carbocycles. The average Bonchev–Trinajstić information content (AvgIpc) is 3.00. The fraction of sp³-hybridized carbons (Fsp3) is 0.357. The van der Waals surface area contributed by atoms with Crippen LogP contribution in [0.25, 0.3) is 6.08 Å². The molecule has 0 aromatic heterocycles. The van der Waals surface area contributed by atoms with Crippen LogP contribution in [0.4, 0.5) is 0 Å². The molecule has 2 saturated carbocycles. The van der Waals surface area contributed by atoms with Gasteiger partial charge in [-0.2, -0.15) is 0 Å². The molecule has 0 spiro atoms. The second-order valence-electron chi connectivity index (χ2n) is 7.98. The molecular formula is C28H38OSm. The molecule has 30 heavy (non-hydrogen) atoms. The molecule has 0 atom stereocenters. The average molecular weight is 541 g/mol. The molecule has 2 aliphatic rings. The Morgan fingerprint density at radius 3 is 0.900 bits per heavy atom. The van der Waals surface area contributed by atoms with E-state index in [1.165, 1.54) is 59.2 Å². The zero-order chi connectivity index (χ0) is 22.3. The van der Waals surface area contributed by atoms with Crippen LogP contribution in [0.2, 0.25) is 0 Å². The van der Waals surface area contributed by atoms with Crippen LogP contribution < -0.4 is 0 Å². The van der Waals surface area contributed by atoms with Crippen molar-refractivity contribution in [1.82, 2.24) is 0 Å². The Morgan fingerprint density at radius 1 is 0.467 bits per heavy atom. The van der Waals surface area contributed by atoms with Gasteiger partial charge in [-0.05, 0) is 70.8 Å². The summed E-state index contributed by atoms with van der Waals surface area (Å²) < 4.78 is 0. The van der Waals surface area contributed by atoms with Crippen molar-refractivity contribution in [2.45, 2.75) is 69.2 Å². The number of rotatable bonds is 1. The zero-order valence-corrected chi connectivity index (χ0v) is 23.0. The van der Waals surface area contributed by atoms with E-state index < -0.39 is 0 Å². The molecule has 3 rings (SSSR count). The second kappa shape index (κ2) is 14.3. The van der Waals surface area contributed by atoms with Gasteiger partial charge in [0.05, 0.1) is 6.26 Å². The summed E-state index contributed by atoms with van der Waals surface area (Å²) in [6, 6.07) is 9.64. The van der Waals surface area contributed by atoms with Crippen LogP contribution >= 0.6 is 0 Å². The van der Waals surface area contributed by atoms with Gasteiger partial charge in [-0.15, -0.1) is 0 Å². The Balaban J connectivity index is 0.000000414. The Morgan fingerprint density at radius 2 is 0.700 bits per heavy atom. The van der Waals surface area contributed by atoms with Crippen LogP contribution in [0.5, 0.6) is 0 Å². The smallest absolute Gasteiger partial charge is 0.0797 e. The topological polar surface area (TPSA) is 20.2 Å². The van der Waals surface area contributed by atoms with E-state index in [4.69, 9.17) is 5.11 Å². The summed E-state index contributed by atoms with van der Waals surface area (Å²) in [6.45, 7) is 22.0. The molecule has 0 bridgehead atoms. The van der Waals surface area contributed by atoms with Crippen molar-refractivity contribution in [3.05, 3.63) is 101 Å². The predicted molar refractivity (Wildman–Crippen MR) is 127 cm³/mol. The third kappa shape index (κ3) is 7.90. The van der Waals surface area contributed by atoms with E-state index in [0.717, 1.165) is 11.8 Å². The van der Waals surface area contributed by atoms with Crippen molar-refractivity contribution in [3.63, 3.8) is 0 Å². The van der Waals surface area contributed by atoms with Gasteiger partial charge < -0.3 is 5.11 Å². The van der Waals surface area contributed by atoms with E-state index in [9.17, 15) is 0 Å². The monoisotopic (exact) mass is 542 g/mol. The quantitative estimate of drug-likeness (QED) is 0.356. The van der Waals surface area contributed by atoms with Crippen LogP contribution in [-0.2, 0) is 0 Å². The number of hydrogen-bond acceptors (Lipinski definition) is 1. The molecule has 2 fully saturated rings. The van der Waals surface area contributed by atoms with E-state index in [1.54, 1.807) is 6.08 Å². The second-order valence-corrected chi connectivity index (χ2v) is 7.98. The SMILES string of the molecule is C[C]1[C](C)[C](C)[C](C)[C]1C.C[C]1[C](C)[C](C)[C](C)[C]1C.O/C=C/c1ccccc1.[Sm]. The molecule has 0 aliphatic heterocycles. The maximum absolute atomic E-state index is 8.34. The summed E-state index contributed by atoms with van der Waals surface area (Å²) in [5.74, 6) is 14.7. The van der Waals surface area contributed by atoms with Crippen LogP contribution in [-0.4, -0.2) is 5.11 Å². The van der Waals surface area contributed by atoms with Gasteiger partial charge in [0, 0.05) is 40.4 Å². The number of aliphatic hydroxyl groups is 1. The summed E-state index contributed by atoms with van der Waals surface area (Å²) in [6.07, 6.45) is 2.68. The molecule has 0 heterocycles. The van der Waals surface area contributed by atoms with Crippen LogP contribution in [0.15, 0.2) is 36.6 Å². The largest absolute Gasteiger partial charge is 0.516 e. The van der Waals surface area contributed by atoms with Crippen molar-refractivity contribution in [1.29, 1.82) is 0 Å². The Labute approximate surface area is 220 Å². The van der Waals surface area contributed by atoms with Gasteiger partial charge >= 0.3 is 0 Å². The van der Waals surface area contributed by atoms with Gasteiger partial charge in [0.25, 0.3) is 0 Å². The van der Waals surface area contributed by atoms with E-state index in [1.807, 2.05) is 30.3 Å². The van der Waals surface area contributed by atoms with Crippen molar-refractivity contribution in [2.24, 2.45) is 0 Å². The zero-order valence-electron chi connectivity index (χ0n) is 20.4. The predicted octanol–water partition coefficient (Wildman–Crippen LogP) is 8.16. The number of benzene rings is 1. The minimum Gasteiger partial charge on any atom is -0.516 e. The van der Waals surface area contributed by atoms with Gasteiger partial charge in [0.2, 0.25) is 0 Å². The first kappa shape index (κ1) is 30.1.